The molecule has 0 radical (unpaired) electrons. The maximum atomic E-state index is 8.20. The van der Waals surface area contributed by atoms with E-state index in [4.69, 9.17) is 5.79 Å². The molecule has 0 atom stereocenters. The van der Waals surface area contributed by atoms with E-state index < -0.39 is 5.89 Å². The third-order valence-electron chi connectivity index (χ3n) is 4.01. The maximum absolute atomic E-state index is 8.20. The van der Waals surface area contributed by atoms with Crippen molar-refractivity contribution in [3.63, 3.8) is 0 Å². The molecule has 4 aromatic rings. The van der Waals surface area contributed by atoms with Crippen LogP contribution >= 0.6 is 0 Å². The molecule has 2 aromatic carbocycles. The average Bonchev–Trinajstić information content (AvgIpc) is 2.92. The first-order valence-corrected chi connectivity index (χ1v) is 7.40. The number of hydrogen-bond acceptors (Lipinski definition) is 2. The molecule has 2 aromatic heterocycles. The van der Waals surface area contributed by atoms with Gasteiger partial charge in [-0.3, -0.25) is 4.98 Å². The molecule has 2 heteroatoms. The van der Waals surface area contributed by atoms with Crippen molar-refractivity contribution in [2.75, 3.05) is 0 Å². The molecule has 0 unspecified atom stereocenters. The van der Waals surface area contributed by atoms with Crippen LogP contribution in [0.3, 0.4) is 0 Å². The van der Waals surface area contributed by atoms with Crippen LogP contribution in [0, 0.1) is 0 Å². The van der Waals surface area contributed by atoms with Crippen LogP contribution in [-0.4, -0.2) is 4.98 Å². The summed E-state index contributed by atoms with van der Waals surface area (Å²) >= 11 is 0. The standard InChI is InChI=1S/C20H17NO/c1-13(2)14-9-10-21-18(12-14)15-7-8-20-17(11-15)16-5-3-4-6-19(16)22-20/h3-13H,1-2H3/i13D. The SMILES string of the molecule is [2H]C(C)(C)c1ccnc(-c2ccc3oc4ccccc4c3c2)c1. The smallest absolute Gasteiger partial charge is 0.135 e. The fourth-order valence-electron chi connectivity index (χ4n) is 2.78. The minimum absolute atomic E-state index is 0.635. The molecule has 2 heterocycles. The molecule has 108 valence electrons. The molecule has 0 aliphatic heterocycles. The number of rotatable bonds is 2. The summed E-state index contributed by atoms with van der Waals surface area (Å²) in [6.45, 7) is 3.78. The lowest BCUT2D eigenvalue weighted by Crippen LogP contribution is -1.90. The molecule has 0 amide bonds. The molecule has 0 saturated carbocycles. The summed E-state index contributed by atoms with van der Waals surface area (Å²) in [6.07, 6.45) is 1.78. The van der Waals surface area contributed by atoms with Crippen molar-refractivity contribution in [2.24, 2.45) is 0 Å². The fourth-order valence-corrected chi connectivity index (χ4v) is 2.78. The Balaban J connectivity index is 1.91. The van der Waals surface area contributed by atoms with E-state index in [1.54, 1.807) is 6.20 Å². The van der Waals surface area contributed by atoms with Crippen LogP contribution in [0.25, 0.3) is 33.2 Å². The van der Waals surface area contributed by atoms with Gasteiger partial charge in [0.15, 0.2) is 0 Å². The highest BCUT2D eigenvalue weighted by atomic mass is 16.3. The lowest BCUT2D eigenvalue weighted by molar-refractivity contribution is 0.669. The van der Waals surface area contributed by atoms with Gasteiger partial charge in [0.25, 0.3) is 0 Å². The number of fused-ring (bicyclic) bond motifs is 3. The van der Waals surface area contributed by atoms with Crippen molar-refractivity contribution in [1.82, 2.24) is 4.98 Å². The molecular weight excluding hydrogens is 270 g/mol. The van der Waals surface area contributed by atoms with Crippen LogP contribution < -0.4 is 0 Å². The van der Waals surface area contributed by atoms with Gasteiger partial charge in [-0.15, -0.1) is 0 Å². The van der Waals surface area contributed by atoms with Gasteiger partial charge >= 0.3 is 0 Å². The largest absolute Gasteiger partial charge is 0.456 e. The Hall–Kier alpha value is -2.61. The molecule has 0 spiro atoms. The Morgan fingerprint density at radius 1 is 0.955 bits per heavy atom. The lowest BCUT2D eigenvalue weighted by atomic mass is 10.0. The van der Waals surface area contributed by atoms with E-state index in [-0.39, 0.29) is 0 Å². The van der Waals surface area contributed by atoms with Gasteiger partial charge in [0.1, 0.15) is 11.2 Å². The summed E-state index contributed by atoms with van der Waals surface area (Å²) in [5.41, 5.74) is 4.66. The van der Waals surface area contributed by atoms with Gasteiger partial charge in [0.05, 0.1) is 5.69 Å². The zero-order chi connectivity index (χ0) is 16.0. The topological polar surface area (TPSA) is 26.0 Å². The predicted octanol–water partition coefficient (Wildman–Crippen LogP) is 5.77. The van der Waals surface area contributed by atoms with Crippen LogP contribution in [0.1, 0.15) is 26.7 Å². The summed E-state index contributed by atoms with van der Waals surface area (Å²) in [4.78, 5) is 4.48. The van der Waals surface area contributed by atoms with Gasteiger partial charge < -0.3 is 4.42 Å². The van der Waals surface area contributed by atoms with Crippen molar-refractivity contribution in [3.8, 4) is 11.3 Å². The van der Waals surface area contributed by atoms with Crippen LogP contribution in [0.2, 0.25) is 0 Å². The quantitative estimate of drug-likeness (QED) is 0.468. The summed E-state index contributed by atoms with van der Waals surface area (Å²) in [5, 5.41) is 2.21. The number of pyridine rings is 1. The second-order valence-electron chi connectivity index (χ2n) is 5.74. The second kappa shape index (κ2) is 4.99. The van der Waals surface area contributed by atoms with Crippen molar-refractivity contribution >= 4 is 21.9 Å². The van der Waals surface area contributed by atoms with Gasteiger partial charge in [-0.05, 0) is 47.9 Å². The number of hydrogen-bond donors (Lipinski definition) is 0. The monoisotopic (exact) mass is 288 g/mol. The molecule has 0 aliphatic rings. The normalized spacial score (nSPS) is 12.7. The van der Waals surface area contributed by atoms with E-state index in [0.717, 1.165) is 38.8 Å². The van der Waals surface area contributed by atoms with E-state index in [0.29, 0.717) is 0 Å². The second-order valence-corrected chi connectivity index (χ2v) is 5.74. The first-order chi connectivity index (χ1) is 11.0. The van der Waals surface area contributed by atoms with Gasteiger partial charge in [0.2, 0.25) is 0 Å². The average molecular weight is 288 g/mol. The summed E-state index contributed by atoms with van der Waals surface area (Å²) in [6, 6.07) is 18.1. The van der Waals surface area contributed by atoms with E-state index >= 15 is 0 Å². The number of aromatic nitrogens is 1. The molecule has 0 fully saturated rings. The highest BCUT2D eigenvalue weighted by molar-refractivity contribution is 6.06. The van der Waals surface area contributed by atoms with Crippen LogP contribution in [-0.2, 0) is 0 Å². The number of nitrogens with zero attached hydrogens (tertiary/aromatic N) is 1. The minimum atomic E-state index is -0.635. The van der Waals surface area contributed by atoms with Crippen molar-refractivity contribution < 1.29 is 5.79 Å². The van der Waals surface area contributed by atoms with E-state index in [2.05, 4.69) is 17.1 Å². The Labute approximate surface area is 130 Å². The molecule has 2 nitrogen and oxygen atoms in total. The van der Waals surface area contributed by atoms with Gasteiger partial charge in [0, 0.05) is 23.9 Å². The minimum Gasteiger partial charge on any atom is -0.456 e. The zero-order valence-corrected chi connectivity index (χ0v) is 12.6. The number of furan rings is 1. The van der Waals surface area contributed by atoms with Crippen LogP contribution in [0.5, 0.6) is 0 Å². The lowest BCUT2D eigenvalue weighted by Gasteiger charge is -2.07. The van der Waals surface area contributed by atoms with Gasteiger partial charge in [-0.25, -0.2) is 0 Å². The fraction of sp³-hybridized carbons (Fsp3) is 0.150. The van der Waals surface area contributed by atoms with Crippen LogP contribution in [0.4, 0.5) is 0 Å². The summed E-state index contributed by atoms with van der Waals surface area (Å²) in [5.74, 6) is -0.635. The highest BCUT2D eigenvalue weighted by Gasteiger charge is 2.09. The summed E-state index contributed by atoms with van der Waals surface area (Å²) in [7, 11) is 0. The Morgan fingerprint density at radius 3 is 2.64 bits per heavy atom. The molecule has 4 rings (SSSR count). The Morgan fingerprint density at radius 2 is 1.77 bits per heavy atom. The first-order valence-electron chi connectivity index (χ1n) is 7.90. The van der Waals surface area contributed by atoms with E-state index in [1.807, 2.05) is 56.3 Å². The molecule has 0 N–H and O–H groups in total. The Kier molecular flexibility index (Phi) is 2.72. The first kappa shape index (κ1) is 12.0. The Bertz CT molecular complexity index is 1010. The van der Waals surface area contributed by atoms with Crippen LogP contribution in [0.15, 0.2) is 65.2 Å². The zero-order valence-electron chi connectivity index (χ0n) is 13.6. The predicted molar refractivity (Wildman–Crippen MR) is 91.0 cm³/mol. The van der Waals surface area contributed by atoms with Crippen molar-refractivity contribution in [2.45, 2.75) is 19.7 Å². The number of benzene rings is 2. The van der Waals surface area contributed by atoms with E-state index in [1.165, 1.54) is 0 Å². The maximum Gasteiger partial charge on any atom is 0.135 e. The third-order valence-corrected chi connectivity index (χ3v) is 4.01. The van der Waals surface area contributed by atoms with Gasteiger partial charge in [-0.1, -0.05) is 32.0 Å². The molecule has 0 saturated heterocycles. The molecule has 0 aliphatic carbocycles. The summed E-state index contributed by atoms with van der Waals surface area (Å²) < 4.78 is 14.1. The van der Waals surface area contributed by atoms with Gasteiger partial charge in [-0.2, -0.15) is 0 Å². The third kappa shape index (κ3) is 2.08. The van der Waals surface area contributed by atoms with E-state index in [9.17, 15) is 0 Å². The molecule has 0 bridgehead atoms. The number of para-hydroxylation sites is 1. The highest BCUT2D eigenvalue weighted by Crippen LogP contribution is 2.32. The van der Waals surface area contributed by atoms with Crippen molar-refractivity contribution in [1.29, 1.82) is 0 Å². The molecule has 22 heavy (non-hydrogen) atoms. The molecular formula is C20H17NO. The van der Waals surface area contributed by atoms with Crippen molar-refractivity contribution in [3.05, 3.63) is 66.4 Å².